The van der Waals surface area contributed by atoms with Crippen LogP contribution in [0.25, 0.3) is 0 Å². The van der Waals surface area contributed by atoms with Gasteiger partial charge in [-0.15, -0.1) is 0 Å². The van der Waals surface area contributed by atoms with Crippen LogP contribution in [-0.2, 0) is 21.0 Å². The Balaban J connectivity index is 1.68. The van der Waals surface area contributed by atoms with Gasteiger partial charge in [0.15, 0.2) is 0 Å². The van der Waals surface area contributed by atoms with E-state index in [2.05, 4.69) is 0 Å². The first-order valence-electron chi connectivity index (χ1n) is 11.1. The number of aryl methyl sites for hydroxylation is 1. The number of aliphatic hydroxyl groups is 1. The Labute approximate surface area is 190 Å². The van der Waals surface area contributed by atoms with E-state index in [1.165, 1.54) is 16.4 Å². The summed E-state index contributed by atoms with van der Waals surface area (Å²) in [5.74, 6) is 0.254. The Kier molecular flexibility index (Phi) is 8.17. The molecule has 0 saturated heterocycles. The standard InChI is InChI=1S/C23H32NO6PS/c1-2-32(29,30)24(17-5-6-18-9-15-22(16-10-18)31(26,27)28)21-13-11-20(12-14-21)23(25)19-7-3-4-8-19/h9-16,19,23,25H,2-8,17H2,1H3,(H2,26,27,28). The van der Waals surface area contributed by atoms with Crippen LogP contribution in [-0.4, -0.2) is 35.6 Å². The molecule has 1 saturated carbocycles. The Morgan fingerprint density at radius 2 is 1.62 bits per heavy atom. The lowest BCUT2D eigenvalue weighted by atomic mass is 9.94. The summed E-state index contributed by atoms with van der Waals surface area (Å²) in [6, 6.07) is 13.3. The van der Waals surface area contributed by atoms with E-state index in [0.717, 1.165) is 36.8 Å². The van der Waals surface area contributed by atoms with Crippen LogP contribution in [0.3, 0.4) is 0 Å². The predicted molar refractivity (Wildman–Crippen MR) is 127 cm³/mol. The SMILES string of the molecule is CCS(=O)(=O)N(CCCc1ccc(P(=O)(O)O)cc1)c1ccc(C(O)C2CCCC2)cc1. The van der Waals surface area contributed by atoms with Crippen LogP contribution in [0.1, 0.15) is 56.3 Å². The number of rotatable bonds is 10. The summed E-state index contributed by atoms with van der Waals surface area (Å²) in [6.07, 6.45) is 4.95. The highest BCUT2D eigenvalue weighted by Gasteiger charge is 2.25. The minimum Gasteiger partial charge on any atom is -0.388 e. The first-order valence-corrected chi connectivity index (χ1v) is 14.3. The third-order valence-corrected chi connectivity index (χ3v) is 8.93. The molecule has 0 heterocycles. The number of sulfonamides is 1. The second kappa shape index (κ2) is 10.5. The van der Waals surface area contributed by atoms with E-state index < -0.39 is 23.7 Å². The molecular formula is C23H32NO6PS. The van der Waals surface area contributed by atoms with Crippen molar-refractivity contribution >= 4 is 28.6 Å². The molecule has 0 spiro atoms. The molecule has 2 aromatic carbocycles. The third kappa shape index (κ3) is 6.21. The molecule has 1 unspecified atom stereocenters. The molecular weight excluding hydrogens is 449 g/mol. The second-order valence-electron chi connectivity index (χ2n) is 8.37. The van der Waals surface area contributed by atoms with Crippen LogP contribution in [0.15, 0.2) is 48.5 Å². The van der Waals surface area contributed by atoms with E-state index in [4.69, 9.17) is 0 Å². The van der Waals surface area contributed by atoms with Gasteiger partial charge < -0.3 is 14.9 Å². The van der Waals surface area contributed by atoms with Crippen LogP contribution in [0, 0.1) is 5.92 Å². The van der Waals surface area contributed by atoms with E-state index >= 15 is 0 Å². The van der Waals surface area contributed by atoms with Crippen molar-refractivity contribution in [3.05, 3.63) is 59.7 Å². The van der Waals surface area contributed by atoms with Crippen LogP contribution >= 0.6 is 7.60 Å². The summed E-state index contributed by atoms with van der Waals surface area (Å²) in [7, 11) is -7.74. The molecule has 1 aliphatic carbocycles. The summed E-state index contributed by atoms with van der Waals surface area (Å²) in [4.78, 5) is 18.4. The Morgan fingerprint density at radius 3 is 2.16 bits per heavy atom. The normalized spacial score (nSPS) is 16.2. The van der Waals surface area contributed by atoms with Gasteiger partial charge in [-0.1, -0.05) is 37.1 Å². The predicted octanol–water partition coefficient (Wildman–Crippen LogP) is 3.50. The molecule has 0 aromatic heterocycles. The number of hydrogen-bond donors (Lipinski definition) is 3. The zero-order chi connectivity index (χ0) is 23.4. The second-order valence-corrected chi connectivity index (χ2v) is 12.2. The zero-order valence-electron chi connectivity index (χ0n) is 18.3. The van der Waals surface area contributed by atoms with E-state index in [1.807, 2.05) is 12.1 Å². The van der Waals surface area contributed by atoms with Gasteiger partial charge in [0, 0.05) is 6.54 Å². The Bertz CT molecular complexity index is 1030. The van der Waals surface area contributed by atoms with Gasteiger partial charge in [0.2, 0.25) is 10.0 Å². The van der Waals surface area contributed by atoms with Crippen molar-refractivity contribution in [2.75, 3.05) is 16.6 Å². The van der Waals surface area contributed by atoms with Gasteiger partial charge in [-0.2, -0.15) is 0 Å². The molecule has 3 N–H and O–H groups in total. The number of anilines is 1. The van der Waals surface area contributed by atoms with E-state index in [0.29, 0.717) is 25.1 Å². The fourth-order valence-electron chi connectivity index (χ4n) is 4.25. The minimum atomic E-state index is -4.27. The van der Waals surface area contributed by atoms with Crippen LogP contribution in [0.2, 0.25) is 0 Å². The lowest BCUT2D eigenvalue weighted by molar-refractivity contribution is 0.111. The van der Waals surface area contributed by atoms with Crippen molar-refractivity contribution in [1.82, 2.24) is 0 Å². The molecule has 9 heteroatoms. The van der Waals surface area contributed by atoms with Crippen molar-refractivity contribution in [1.29, 1.82) is 0 Å². The summed E-state index contributed by atoms with van der Waals surface area (Å²) in [5, 5.41) is 10.6. The highest BCUT2D eigenvalue weighted by Crippen LogP contribution is 2.36. The quantitative estimate of drug-likeness (QED) is 0.448. The van der Waals surface area contributed by atoms with Crippen molar-refractivity contribution < 1.29 is 27.9 Å². The minimum absolute atomic E-state index is 0.0174. The molecule has 2 aromatic rings. The van der Waals surface area contributed by atoms with E-state index in [9.17, 15) is 27.9 Å². The van der Waals surface area contributed by atoms with Crippen LogP contribution in [0.4, 0.5) is 5.69 Å². The largest absolute Gasteiger partial charge is 0.388 e. The van der Waals surface area contributed by atoms with Crippen LogP contribution < -0.4 is 9.61 Å². The zero-order valence-corrected chi connectivity index (χ0v) is 20.0. The van der Waals surface area contributed by atoms with Crippen molar-refractivity contribution in [2.45, 2.75) is 51.6 Å². The van der Waals surface area contributed by atoms with Gasteiger partial charge in [0.05, 0.1) is 22.8 Å². The lowest BCUT2D eigenvalue weighted by Crippen LogP contribution is -2.33. The molecule has 0 aliphatic heterocycles. The maximum Gasteiger partial charge on any atom is 0.356 e. The monoisotopic (exact) mass is 481 g/mol. The van der Waals surface area contributed by atoms with Gasteiger partial charge >= 0.3 is 7.60 Å². The third-order valence-electron chi connectivity index (χ3n) is 6.17. The summed E-state index contributed by atoms with van der Waals surface area (Å²) in [5.41, 5.74) is 2.27. The fourth-order valence-corrected chi connectivity index (χ4v) is 5.95. The topological polar surface area (TPSA) is 115 Å². The molecule has 0 radical (unpaired) electrons. The maximum absolute atomic E-state index is 12.7. The number of aliphatic hydroxyl groups excluding tert-OH is 1. The maximum atomic E-state index is 12.7. The number of benzene rings is 2. The van der Waals surface area contributed by atoms with Gasteiger partial charge in [0.25, 0.3) is 0 Å². The van der Waals surface area contributed by atoms with E-state index in [-0.39, 0.29) is 17.0 Å². The van der Waals surface area contributed by atoms with Gasteiger partial charge in [-0.3, -0.25) is 8.87 Å². The van der Waals surface area contributed by atoms with Gasteiger partial charge in [0.1, 0.15) is 0 Å². The smallest absolute Gasteiger partial charge is 0.356 e. The average Bonchev–Trinajstić information content (AvgIpc) is 3.31. The number of hydrogen-bond acceptors (Lipinski definition) is 4. The lowest BCUT2D eigenvalue weighted by Gasteiger charge is -2.25. The van der Waals surface area contributed by atoms with Crippen molar-refractivity contribution in [3.63, 3.8) is 0 Å². The first-order chi connectivity index (χ1) is 15.1. The molecule has 1 fully saturated rings. The first kappa shape index (κ1) is 24.9. The highest BCUT2D eigenvalue weighted by molar-refractivity contribution is 7.92. The summed E-state index contributed by atoms with van der Waals surface area (Å²) in [6.45, 7) is 1.91. The number of nitrogens with zero attached hydrogens (tertiary/aromatic N) is 1. The fraction of sp³-hybridized carbons (Fsp3) is 0.478. The molecule has 7 nitrogen and oxygen atoms in total. The molecule has 32 heavy (non-hydrogen) atoms. The highest BCUT2D eigenvalue weighted by atomic mass is 32.2. The average molecular weight is 482 g/mol. The van der Waals surface area contributed by atoms with Crippen LogP contribution in [0.5, 0.6) is 0 Å². The molecule has 3 rings (SSSR count). The van der Waals surface area contributed by atoms with Crippen molar-refractivity contribution in [3.8, 4) is 0 Å². The summed E-state index contributed by atoms with van der Waals surface area (Å²) >= 11 is 0. The Morgan fingerprint density at radius 1 is 1.03 bits per heavy atom. The molecule has 176 valence electrons. The molecule has 1 aliphatic rings. The van der Waals surface area contributed by atoms with Crippen molar-refractivity contribution in [2.24, 2.45) is 5.92 Å². The summed E-state index contributed by atoms with van der Waals surface area (Å²) < 4.78 is 38.1. The molecule has 0 bridgehead atoms. The molecule has 1 atom stereocenters. The van der Waals surface area contributed by atoms with Gasteiger partial charge in [-0.25, -0.2) is 8.42 Å². The Hall–Kier alpha value is -1.70. The van der Waals surface area contributed by atoms with E-state index in [1.54, 1.807) is 31.2 Å². The van der Waals surface area contributed by atoms with Gasteiger partial charge in [-0.05, 0) is 73.9 Å². The molecule has 0 amide bonds.